The minimum absolute atomic E-state index is 0.00963. The number of urea groups is 2. The van der Waals surface area contributed by atoms with Crippen LogP contribution in [0.1, 0.15) is 42.4 Å². The van der Waals surface area contributed by atoms with E-state index in [2.05, 4.69) is 35.0 Å². The predicted octanol–water partition coefficient (Wildman–Crippen LogP) is 14.1. The van der Waals surface area contributed by atoms with E-state index in [9.17, 15) is 28.3 Å². The number of anilines is 4. The number of aliphatic hydroxyl groups is 1. The summed E-state index contributed by atoms with van der Waals surface area (Å²) in [6, 6.07) is 41.1. The van der Waals surface area contributed by atoms with Gasteiger partial charge in [0.2, 0.25) is 0 Å². The fraction of sp³-hybridized carbons (Fsp3) is 0.220. The number of halogens is 7. The maximum absolute atomic E-state index is 14.5. The summed E-state index contributed by atoms with van der Waals surface area (Å²) in [6.45, 7) is 3.99. The molecule has 2 saturated carbocycles. The van der Waals surface area contributed by atoms with Gasteiger partial charge in [0.05, 0.1) is 5.69 Å². The van der Waals surface area contributed by atoms with E-state index in [1.54, 1.807) is 103 Å². The predicted molar refractivity (Wildman–Crippen MR) is 259 cm³/mol. The van der Waals surface area contributed by atoms with E-state index in [-0.39, 0.29) is 25.7 Å². The summed E-state index contributed by atoms with van der Waals surface area (Å²) >= 11 is 27.3. The van der Waals surface area contributed by atoms with Gasteiger partial charge in [0.15, 0.2) is 5.72 Å². The Labute approximate surface area is 404 Å². The van der Waals surface area contributed by atoms with Gasteiger partial charge in [0, 0.05) is 72.9 Å². The summed E-state index contributed by atoms with van der Waals surface area (Å²) in [5.74, 6) is -0.413. The molecule has 2 aliphatic carbocycles. The van der Waals surface area contributed by atoms with Gasteiger partial charge in [-0.2, -0.15) is 0 Å². The van der Waals surface area contributed by atoms with Gasteiger partial charge in [-0.25, -0.2) is 23.3 Å². The Morgan fingerprint density at radius 1 is 0.538 bits per heavy atom. The molecule has 0 radical (unpaired) electrons. The molecular weight excluding hydrogens is 980 g/mol. The molecule has 2 spiro atoms. The van der Waals surface area contributed by atoms with Crippen LogP contribution >= 0.6 is 62.3 Å². The van der Waals surface area contributed by atoms with Crippen LogP contribution in [0.2, 0.25) is 20.1 Å². The minimum Gasteiger partial charge on any atom is -0.364 e. The molecule has 6 aromatic rings. The van der Waals surface area contributed by atoms with Crippen LogP contribution < -0.4 is 19.6 Å². The quantitative estimate of drug-likeness (QED) is 0.174. The molecule has 1 atom stereocenters. The van der Waals surface area contributed by atoms with Crippen LogP contribution in [0.25, 0.3) is 0 Å². The standard InChI is InChI=1S/C25H21Cl2FN2O2.C18H13Cl2FN2O2.C7H7Br/c1-16-3-2-4-17(13-16)25(32)24(14-20(28)15-24)29(21-9-5-18(26)6-10-21)23(31)30(25)22-11-7-19(27)8-12-22;19-11-1-5-14(6-2-11)22-16(24)18(9-13(21)10-18)23(17(22)25)15-7-3-12(20)4-8-15;1-6-3-2-4-7(8)5-6/h2-13,20,32H,14-15H2,1H3;1-8,13H,9-10H2;2-5H,1H3. The van der Waals surface area contributed by atoms with Gasteiger partial charge >= 0.3 is 12.1 Å². The summed E-state index contributed by atoms with van der Waals surface area (Å²) in [4.78, 5) is 45.4. The van der Waals surface area contributed by atoms with Crippen molar-refractivity contribution in [1.29, 1.82) is 0 Å². The highest BCUT2D eigenvalue weighted by atomic mass is 79.9. The lowest BCUT2D eigenvalue weighted by Crippen LogP contribution is -2.67. The molecule has 0 aromatic heterocycles. The number of alkyl halides is 2. The Bertz CT molecular complexity index is 2720. The Morgan fingerprint density at radius 2 is 0.954 bits per heavy atom. The van der Waals surface area contributed by atoms with Crippen molar-refractivity contribution < 1.29 is 28.3 Å². The summed E-state index contributed by atoms with van der Waals surface area (Å²) < 4.78 is 29.4. The van der Waals surface area contributed by atoms with Crippen LogP contribution in [0.3, 0.4) is 0 Å². The van der Waals surface area contributed by atoms with Gasteiger partial charge in [0.25, 0.3) is 5.91 Å². The molecule has 334 valence electrons. The molecule has 10 rings (SSSR count). The Kier molecular flexibility index (Phi) is 13.1. The molecule has 2 saturated heterocycles. The first kappa shape index (κ1) is 46.5. The van der Waals surface area contributed by atoms with Gasteiger partial charge in [0.1, 0.15) is 23.4 Å². The van der Waals surface area contributed by atoms with Crippen molar-refractivity contribution in [2.24, 2.45) is 0 Å². The van der Waals surface area contributed by atoms with Crippen molar-refractivity contribution in [2.45, 2.75) is 68.7 Å². The number of carbonyl (C=O) groups excluding carboxylic acids is 3. The number of imide groups is 1. The van der Waals surface area contributed by atoms with Crippen molar-refractivity contribution in [3.05, 3.63) is 187 Å². The van der Waals surface area contributed by atoms with Crippen molar-refractivity contribution in [2.75, 3.05) is 19.6 Å². The Balaban J connectivity index is 0.000000155. The third-order valence-electron chi connectivity index (χ3n) is 12.2. The molecule has 4 aliphatic rings. The normalized spacial score (nSPS) is 24.4. The smallest absolute Gasteiger partial charge is 0.336 e. The maximum atomic E-state index is 14.5. The topological polar surface area (TPSA) is 84.4 Å². The SMILES string of the molecule is Cc1cccc(Br)c1.Cc1cccc(C2(O)N(c3ccc(Cl)cc3)C(=O)N(c3ccc(Cl)cc3)C23CC(F)C3)c1.O=C1N(c2ccc(Cl)cc2)C(=O)C2(CC(F)C2)N1c1ccc(Cl)cc1. The number of aryl methyl sites for hydroxylation is 2. The summed E-state index contributed by atoms with van der Waals surface area (Å²) in [5, 5.41) is 14.5. The Morgan fingerprint density at radius 3 is 1.37 bits per heavy atom. The maximum Gasteiger partial charge on any atom is 0.336 e. The Hall–Kier alpha value is -5.01. The highest BCUT2D eigenvalue weighted by Gasteiger charge is 2.73. The van der Waals surface area contributed by atoms with Crippen LogP contribution in [0.5, 0.6) is 0 Å². The summed E-state index contributed by atoms with van der Waals surface area (Å²) in [5.41, 5.74) is 0.541. The molecule has 1 N–H and O–H groups in total. The van der Waals surface area contributed by atoms with Crippen LogP contribution in [0.4, 0.5) is 41.1 Å². The van der Waals surface area contributed by atoms with E-state index >= 15 is 0 Å². The molecule has 8 nitrogen and oxygen atoms in total. The minimum atomic E-state index is -1.80. The molecule has 15 heteroatoms. The van der Waals surface area contributed by atoms with Gasteiger partial charge < -0.3 is 5.11 Å². The van der Waals surface area contributed by atoms with Crippen LogP contribution in [-0.4, -0.2) is 46.5 Å². The number of hydrogen-bond donors (Lipinski definition) is 1. The van der Waals surface area contributed by atoms with E-state index < -0.39 is 47.1 Å². The van der Waals surface area contributed by atoms with Crippen molar-refractivity contribution in [3.8, 4) is 0 Å². The van der Waals surface area contributed by atoms with Crippen molar-refractivity contribution in [3.63, 3.8) is 0 Å². The van der Waals surface area contributed by atoms with E-state index in [1.165, 1.54) is 20.3 Å². The number of rotatable bonds is 5. The number of nitrogens with zero attached hydrogens (tertiary/aromatic N) is 4. The van der Waals surface area contributed by atoms with Crippen LogP contribution in [-0.2, 0) is 10.5 Å². The summed E-state index contributed by atoms with van der Waals surface area (Å²) in [6.07, 6.45) is -2.23. The molecule has 0 bridgehead atoms. The van der Waals surface area contributed by atoms with Crippen molar-refractivity contribution in [1.82, 2.24) is 0 Å². The lowest BCUT2D eigenvalue weighted by atomic mass is 9.65. The number of amides is 5. The fourth-order valence-corrected chi connectivity index (χ4v) is 10.1. The number of carbonyl (C=O) groups is 3. The van der Waals surface area contributed by atoms with Gasteiger partial charge in [-0.3, -0.25) is 19.5 Å². The number of benzene rings is 6. The van der Waals surface area contributed by atoms with Crippen LogP contribution in [0.15, 0.2) is 150 Å². The zero-order valence-corrected chi connectivity index (χ0v) is 39.6. The van der Waals surface area contributed by atoms with E-state index in [1.807, 2.05) is 37.3 Å². The van der Waals surface area contributed by atoms with Gasteiger partial charge in [-0.15, -0.1) is 0 Å². The second-order valence-electron chi connectivity index (χ2n) is 16.5. The third kappa shape index (κ3) is 8.52. The van der Waals surface area contributed by atoms with E-state index in [0.29, 0.717) is 48.4 Å². The first-order valence-corrected chi connectivity index (χ1v) is 22.9. The molecular formula is C50H41BrCl4F2N4O4. The molecule has 1 unspecified atom stereocenters. The third-order valence-corrected chi connectivity index (χ3v) is 13.7. The highest BCUT2D eigenvalue weighted by molar-refractivity contribution is 9.10. The molecule has 5 amide bonds. The first-order chi connectivity index (χ1) is 31.0. The molecule has 2 heterocycles. The second kappa shape index (κ2) is 18.3. The average molecular weight is 1020 g/mol. The monoisotopic (exact) mass is 1020 g/mol. The van der Waals surface area contributed by atoms with Gasteiger partial charge in [-0.05, 0) is 123 Å². The van der Waals surface area contributed by atoms with E-state index in [4.69, 9.17) is 46.4 Å². The lowest BCUT2D eigenvalue weighted by molar-refractivity contribution is -0.126. The molecule has 4 fully saturated rings. The highest BCUT2D eigenvalue weighted by Crippen LogP contribution is 2.60. The zero-order valence-electron chi connectivity index (χ0n) is 34.9. The zero-order chi connectivity index (χ0) is 46.4. The average Bonchev–Trinajstić information content (AvgIpc) is 3.60. The molecule has 2 aliphatic heterocycles. The van der Waals surface area contributed by atoms with Crippen LogP contribution in [0, 0.1) is 13.8 Å². The van der Waals surface area contributed by atoms with Crippen molar-refractivity contribution >= 4 is 103 Å². The van der Waals surface area contributed by atoms with Gasteiger partial charge in [-0.1, -0.05) is 110 Å². The second-order valence-corrected chi connectivity index (χ2v) is 19.2. The number of hydrogen-bond acceptors (Lipinski definition) is 4. The first-order valence-electron chi connectivity index (χ1n) is 20.6. The lowest BCUT2D eigenvalue weighted by Gasteiger charge is -2.54. The molecule has 6 aromatic carbocycles. The largest absolute Gasteiger partial charge is 0.364 e. The summed E-state index contributed by atoms with van der Waals surface area (Å²) in [7, 11) is 0. The molecule has 65 heavy (non-hydrogen) atoms. The fourth-order valence-electron chi connectivity index (χ4n) is 9.10. The van der Waals surface area contributed by atoms with E-state index in [0.717, 1.165) is 14.9 Å².